The lowest BCUT2D eigenvalue weighted by atomic mass is 10.2. The molecule has 0 atom stereocenters. The fraction of sp³-hybridized carbons (Fsp3) is 0.556. The molecule has 0 saturated carbocycles. The fourth-order valence-corrected chi connectivity index (χ4v) is 2.75. The smallest absolute Gasteiger partial charge is 0.319 e. The molecular weight excluding hydrogens is 304 g/mol. The summed E-state index contributed by atoms with van der Waals surface area (Å²) in [5.74, 6) is 0.00683. The molecule has 2 rings (SSSR count). The number of anilines is 1. The first-order valence-electron chi connectivity index (χ1n) is 8.61. The molecule has 0 radical (unpaired) electrons. The van der Waals surface area contributed by atoms with Gasteiger partial charge in [-0.3, -0.25) is 4.79 Å². The van der Waals surface area contributed by atoms with Gasteiger partial charge in [-0.05, 0) is 64.0 Å². The molecule has 1 fully saturated rings. The lowest BCUT2D eigenvalue weighted by molar-refractivity contribution is 0.0782. The minimum atomic E-state index is -0.244. The van der Waals surface area contributed by atoms with Crippen molar-refractivity contribution < 1.29 is 9.59 Å². The maximum absolute atomic E-state index is 12.4. The molecule has 1 aromatic carbocycles. The fourth-order valence-electron chi connectivity index (χ4n) is 2.75. The number of urea groups is 1. The predicted octanol–water partition coefficient (Wildman–Crippen LogP) is 2.38. The summed E-state index contributed by atoms with van der Waals surface area (Å²) < 4.78 is 0. The zero-order valence-electron chi connectivity index (χ0n) is 14.8. The first kappa shape index (κ1) is 18.3. The third-order valence-corrected chi connectivity index (χ3v) is 4.11. The van der Waals surface area contributed by atoms with Crippen molar-refractivity contribution in [3.05, 3.63) is 29.8 Å². The van der Waals surface area contributed by atoms with Gasteiger partial charge in [0.05, 0.1) is 0 Å². The summed E-state index contributed by atoms with van der Waals surface area (Å²) in [5.41, 5.74) is 1.30. The Kier molecular flexibility index (Phi) is 6.61. The van der Waals surface area contributed by atoms with E-state index in [-0.39, 0.29) is 18.0 Å². The van der Waals surface area contributed by atoms with Gasteiger partial charge in [0, 0.05) is 37.4 Å². The molecule has 1 heterocycles. The monoisotopic (exact) mass is 332 g/mol. The molecular formula is C18H28N4O2. The van der Waals surface area contributed by atoms with Gasteiger partial charge in [-0.2, -0.15) is 0 Å². The predicted molar refractivity (Wildman–Crippen MR) is 96.4 cm³/mol. The zero-order valence-corrected chi connectivity index (χ0v) is 14.8. The molecule has 1 aromatic rings. The number of carbonyl (C=O) groups excluding carboxylic acids is 2. The third kappa shape index (κ3) is 5.53. The van der Waals surface area contributed by atoms with Gasteiger partial charge in [-0.25, -0.2) is 4.79 Å². The van der Waals surface area contributed by atoms with Crippen LogP contribution < -0.4 is 10.6 Å². The highest BCUT2D eigenvalue weighted by atomic mass is 16.2. The number of nitrogens with zero attached hydrogens (tertiary/aromatic N) is 2. The molecule has 0 aliphatic carbocycles. The van der Waals surface area contributed by atoms with Crippen LogP contribution >= 0.6 is 0 Å². The Balaban J connectivity index is 1.84. The second-order valence-corrected chi connectivity index (χ2v) is 6.61. The average Bonchev–Trinajstić information content (AvgIpc) is 3.05. The van der Waals surface area contributed by atoms with Gasteiger partial charge in [-0.15, -0.1) is 0 Å². The van der Waals surface area contributed by atoms with Gasteiger partial charge in [0.15, 0.2) is 0 Å². The maximum Gasteiger partial charge on any atom is 0.319 e. The van der Waals surface area contributed by atoms with Crippen LogP contribution in [-0.4, -0.2) is 61.0 Å². The summed E-state index contributed by atoms with van der Waals surface area (Å²) in [5, 5.41) is 5.51. The Morgan fingerprint density at radius 2 is 1.79 bits per heavy atom. The van der Waals surface area contributed by atoms with Crippen LogP contribution in [0.1, 0.15) is 37.0 Å². The number of hydrogen-bond donors (Lipinski definition) is 2. The quantitative estimate of drug-likeness (QED) is 0.841. The first-order chi connectivity index (χ1) is 11.5. The van der Waals surface area contributed by atoms with Crippen molar-refractivity contribution in [3.8, 4) is 0 Å². The van der Waals surface area contributed by atoms with Crippen LogP contribution in [0.15, 0.2) is 24.3 Å². The first-order valence-corrected chi connectivity index (χ1v) is 8.61. The number of amides is 3. The summed E-state index contributed by atoms with van der Waals surface area (Å²) in [4.78, 5) is 28.2. The number of carbonyl (C=O) groups is 2. The van der Waals surface area contributed by atoms with E-state index in [4.69, 9.17) is 0 Å². The van der Waals surface area contributed by atoms with Crippen molar-refractivity contribution in [1.82, 2.24) is 15.1 Å². The van der Waals surface area contributed by atoms with Crippen LogP contribution in [0.4, 0.5) is 10.5 Å². The Labute approximate surface area is 144 Å². The molecule has 2 N–H and O–H groups in total. The van der Waals surface area contributed by atoms with Gasteiger partial charge in [0.1, 0.15) is 0 Å². The Hall–Kier alpha value is -2.08. The van der Waals surface area contributed by atoms with E-state index < -0.39 is 0 Å². The molecule has 0 bridgehead atoms. The highest BCUT2D eigenvalue weighted by molar-refractivity contribution is 5.95. The molecule has 1 aliphatic rings. The lowest BCUT2D eigenvalue weighted by Crippen LogP contribution is -2.35. The van der Waals surface area contributed by atoms with E-state index in [0.717, 1.165) is 26.2 Å². The van der Waals surface area contributed by atoms with E-state index in [0.29, 0.717) is 11.3 Å². The van der Waals surface area contributed by atoms with E-state index in [2.05, 4.69) is 15.5 Å². The topological polar surface area (TPSA) is 64.7 Å². The van der Waals surface area contributed by atoms with Crippen molar-refractivity contribution >= 4 is 17.6 Å². The summed E-state index contributed by atoms with van der Waals surface area (Å²) in [7, 11) is 1.83. The highest BCUT2D eigenvalue weighted by Crippen LogP contribution is 2.12. The van der Waals surface area contributed by atoms with Gasteiger partial charge >= 0.3 is 6.03 Å². The van der Waals surface area contributed by atoms with Gasteiger partial charge in [0.25, 0.3) is 5.91 Å². The normalized spacial score (nSPS) is 14.7. The Morgan fingerprint density at radius 3 is 2.38 bits per heavy atom. The summed E-state index contributed by atoms with van der Waals surface area (Å²) in [6.07, 6.45) is 2.52. The van der Waals surface area contributed by atoms with Crippen LogP contribution in [0.25, 0.3) is 0 Å². The summed E-state index contributed by atoms with van der Waals surface area (Å²) in [6.45, 7) is 7.74. The highest BCUT2D eigenvalue weighted by Gasteiger charge is 2.15. The van der Waals surface area contributed by atoms with E-state index in [1.807, 2.05) is 20.9 Å². The van der Waals surface area contributed by atoms with Crippen molar-refractivity contribution in [2.45, 2.75) is 32.7 Å². The van der Waals surface area contributed by atoms with E-state index in [1.165, 1.54) is 12.8 Å². The third-order valence-electron chi connectivity index (χ3n) is 4.11. The molecule has 1 aliphatic heterocycles. The van der Waals surface area contributed by atoms with E-state index >= 15 is 0 Å². The molecule has 0 aromatic heterocycles. The zero-order chi connectivity index (χ0) is 17.5. The minimum absolute atomic E-state index is 0.00683. The number of benzene rings is 1. The molecule has 6 nitrogen and oxygen atoms in total. The van der Waals surface area contributed by atoms with Crippen LogP contribution in [0.3, 0.4) is 0 Å². The van der Waals surface area contributed by atoms with Gasteiger partial charge in [0.2, 0.25) is 0 Å². The maximum atomic E-state index is 12.4. The molecule has 1 saturated heterocycles. The van der Waals surface area contributed by atoms with Crippen LogP contribution in [-0.2, 0) is 0 Å². The SMILES string of the molecule is CC(C)NC(=O)Nc1ccc(C(=O)N(C)CCN2CCCC2)cc1. The molecule has 0 spiro atoms. The molecule has 0 unspecified atom stereocenters. The Morgan fingerprint density at radius 1 is 1.17 bits per heavy atom. The molecule has 3 amide bonds. The van der Waals surface area contributed by atoms with Crippen LogP contribution in [0.2, 0.25) is 0 Å². The number of rotatable bonds is 6. The second-order valence-electron chi connectivity index (χ2n) is 6.61. The van der Waals surface area contributed by atoms with Gasteiger partial charge < -0.3 is 20.4 Å². The number of hydrogen-bond acceptors (Lipinski definition) is 3. The van der Waals surface area contributed by atoms with Crippen molar-refractivity contribution in [2.24, 2.45) is 0 Å². The number of likely N-dealkylation sites (tertiary alicyclic amines) is 1. The Bertz CT molecular complexity index is 551. The van der Waals surface area contributed by atoms with Crippen molar-refractivity contribution in [1.29, 1.82) is 0 Å². The minimum Gasteiger partial charge on any atom is -0.340 e. The van der Waals surface area contributed by atoms with Gasteiger partial charge in [-0.1, -0.05) is 0 Å². The number of likely N-dealkylation sites (N-methyl/N-ethyl adjacent to an activating group) is 1. The standard InChI is InChI=1S/C18H28N4O2/c1-14(2)19-18(24)20-16-8-6-15(7-9-16)17(23)21(3)12-13-22-10-4-5-11-22/h6-9,14H,4-5,10-13H2,1-3H3,(H2,19,20,24). The van der Waals surface area contributed by atoms with E-state index in [9.17, 15) is 9.59 Å². The number of nitrogens with one attached hydrogen (secondary N) is 2. The van der Waals surface area contributed by atoms with E-state index in [1.54, 1.807) is 29.2 Å². The molecule has 132 valence electrons. The van der Waals surface area contributed by atoms with Crippen LogP contribution in [0.5, 0.6) is 0 Å². The average molecular weight is 332 g/mol. The van der Waals surface area contributed by atoms with Crippen molar-refractivity contribution in [2.75, 3.05) is 38.5 Å². The molecule has 24 heavy (non-hydrogen) atoms. The summed E-state index contributed by atoms with van der Waals surface area (Å²) in [6, 6.07) is 6.84. The van der Waals surface area contributed by atoms with Crippen molar-refractivity contribution in [3.63, 3.8) is 0 Å². The second kappa shape index (κ2) is 8.68. The lowest BCUT2D eigenvalue weighted by Gasteiger charge is -2.21. The molecule has 6 heteroatoms. The summed E-state index contributed by atoms with van der Waals surface area (Å²) >= 11 is 0. The van der Waals surface area contributed by atoms with Crippen LogP contribution in [0, 0.1) is 0 Å². The largest absolute Gasteiger partial charge is 0.340 e.